The molecule has 0 saturated carbocycles. The highest BCUT2D eigenvalue weighted by Crippen LogP contribution is 2.29. The summed E-state index contributed by atoms with van der Waals surface area (Å²) < 4.78 is 0. The number of hydrogen-bond acceptors (Lipinski definition) is 3. The Bertz CT molecular complexity index is 1180. The Morgan fingerprint density at radius 3 is 2.39 bits per heavy atom. The predicted molar refractivity (Wildman–Crippen MR) is 113 cm³/mol. The molecule has 4 rings (SSSR count). The summed E-state index contributed by atoms with van der Waals surface area (Å²) in [5, 5.41) is 10.5. The molecule has 0 aliphatic rings. The largest absolute Gasteiger partial charge is 0.478 e. The van der Waals surface area contributed by atoms with E-state index in [0.717, 1.165) is 39.0 Å². The molecule has 0 fully saturated rings. The van der Waals surface area contributed by atoms with E-state index in [-0.39, 0.29) is 0 Å². The lowest BCUT2D eigenvalue weighted by atomic mass is 9.95. The van der Waals surface area contributed by atoms with Crippen LogP contribution in [-0.4, -0.2) is 16.1 Å². The molecule has 0 radical (unpaired) electrons. The molecule has 0 spiro atoms. The molecule has 0 amide bonds. The van der Waals surface area contributed by atoms with Gasteiger partial charge in [-0.15, -0.1) is 0 Å². The Morgan fingerprint density at radius 1 is 0.964 bits per heavy atom. The SMILES string of the molecule is Cc1nc2ccccc2c(Cc2ccc(-c3ccccc3C(=O)O)cc2)c1N. The van der Waals surface area contributed by atoms with E-state index in [1.165, 1.54) is 0 Å². The monoisotopic (exact) mass is 368 g/mol. The lowest BCUT2D eigenvalue weighted by Gasteiger charge is -2.13. The van der Waals surface area contributed by atoms with Gasteiger partial charge in [0, 0.05) is 11.8 Å². The fourth-order valence-corrected chi connectivity index (χ4v) is 3.55. The van der Waals surface area contributed by atoms with E-state index in [0.29, 0.717) is 17.5 Å². The summed E-state index contributed by atoms with van der Waals surface area (Å²) in [7, 11) is 0. The average molecular weight is 368 g/mol. The van der Waals surface area contributed by atoms with Gasteiger partial charge in [-0.25, -0.2) is 4.79 Å². The first-order valence-electron chi connectivity index (χ1n) is 9.10. The van der Waals surface area contributed by atoms with Gasteiger partial charge < -0.3 is 10.8 Å². The molecule has 4 heteroatoms. The third kappa shape index (κ3) is 3.21. The lowest BCUT2D eigenvalue weighted by molar-refractivity contribution is 0.0697. The van der Waals surface area contributed by atoms with Crippen LogP contribution in [0.1, 0.15) is 27.2 Å². The fourth-order valence-electron chi connectivity index (χ4n) is 3.55. The number of pyridine rings is 1. The Morgan fingerprint density at radius 2 is 1.64 bits per heavy atom. The number of nitrogens with zero attached hydrogens (tertiary/aromatic N) is 1. The van der Waals surface area contributed by atoms with Crippen molar-refractivity contribution in [2.24, 2.45) is 0 Å². The van der Waals surface area contributed by atoms with E-state index in [2.05, 4.69) is 4.98 Å². The molecule has 1 aromatic heterocycles. The number of aromatic nitrogens is 1. The van der Waals surface area contributed by atoms with Gasteiger partial charge in [-0.1, -0.05) is 60.7 Å². The summed E-state index contributed by atoms with van der Waals surface area (Å²) in [6.45, 7) is 1.93. The minimum absolute atomic E-state index is 0.301. The first kappa shape index (κ1) is 17.7. The van der Waals surface area contributed by atoms with E-state index >= 15 is 0 Å². The first-order valence-corrected chi connectivity index (χ1v) is 9.10. The molecule has 0 atom stereocenters. The summed E-state index contributed by atoms with van der Waals surface area (Å²) in [4.78, 5) is 16.1. The highest BCUT2D eigenvalue weighted by atomic mass is 16.4. The molecular weight excluding hydrogens is 348 g/mol. The molecule has 138 valence electrons. The van der Waals surface area contributed by atoms with E-state index < -0.39 is 5.97 Å². The summed E-state index contributed by atoms with van der Waals surface area (Å²) in [6, 6.07) is 23.0. The van der Waals surface area contributed by atoms with Crippen molar-refractivity contribution >= 4 is 22.6 Å². The number of hydrogen-bond donors (Lipinski definition) is 2. The van der Waals surface area contributed by atoms with Gasteiger partial charge in [0.1, 0.15) is 0 Å². The highest BCUT2D eigenvalue weighted by Gasteiger charge is 2.13. The quantitative estimate of drug-likeness (QED) is 0.526. The lowest BCUT2D eigenvalue weighted by Crippen LogP contribution is -2.02. The van der Waals surface area contributed by atoms with Gasteiger partial charge in [-0.05, 0) is 41.3 Å². The van der Waals surface area contributed by atoms with Crippen LogP contribution >= 0.6 is 0 Å². The molecule has 0 bridgehead atoms. The van der Waals surface area contributed by atoms with Crippen LogP contribution in [0.15, 0.2) is 72.8 Å². The number of carboxylic acid groups (broad SMARTS) is 1. The van der Waals surface area contributed by atoms with Crippen molar-refractivity contribution in [3.05, 3.63) is 95.2 Å². The van der Waals surface area contributed by atoms with Gasteiger partial charge in [0.2, 0.25) is 0 Å². The number of aromatic carboxylic acids is 1. The zero-order chi connectivity index (χ0) is 19.7. The molecular formula is C24H20N2O2. The van der Waals surface area contributed by atoms with E-state index in [1.54, 1.807) is 12.1 Å². The minimum atomic E-state index is -0.925. The summed E-state index contributed by atoms with van der Waals surface area (Å²) in [5.74, 6) is -0.925. The number of carboxylic acids is 1. The van der Waals surface area contributed by atoms with E-state index in [9.17, 15) is 9.90 Å². The molecule has 0 aliphatic heterocycles. The molecule has 0 unspecified atom stereocenters. The Labute approximate surface area is 163 Å². The van der Waals surface area contributed by atoms with Crippen molar-refractivity contribution in [2.45, 2.75) is 13.3 Å². The highest BCUT2D eigenvalue weighted by molar-refractivity contribution is 5.96. The Kier molecular flexibility index (Phi) is 4.53. The smallest absolute Gasteiger partial charge is 0.336 e. The number of aryl methyl sites for hydroxylation is 1. The van der Waals surface area contributed by atoms with Crippen LogP contribution in [0, 0.1) is 6.92 Å². The van der Waals surface area contributed by atoms with Crippen LogP contribution in [0.4, 0.5) is 5.69 Å². The molecule has 4 aromatic rings. The fraction of sp³-hybridized carbons (Fsp3) is 0.0833. The number of carbonyl (C=O) groups is 1. The molecule has 3 N–H and O–H groups in total. The maximum Gasteiger partial charge on any atom is 0.336 e. The number of rotatable bonds is 4. The molecule has 0 aliphatic carbocycles. The normalized spacial score (nSPS) is 10.9. The van der Waals surface area contributed by atoms with Gasteiger partial charge >= 0.3 is 5.97 Å². The zero-order valence-electron chi connectivity index (χ0n) is 15.5. The van der Waals surface area contributed by atoms with E-state index in [4.69, 9.17) is 5.73 Å². The number of benzene rings is 3. The standard InChI is InChI=1S/C24H20N2O2/c1-15-23(25)21(19-7-4-5-9-22(19)26-15)14-16-10-12-17(13-11-16)18-6-2-3-8-20(18)24(27)28/h2-13H,14,25H2,1H3,(H,27,28). The number of fused-ring (bicyclic) bond motifs is 1. The summed E-state index contributed by atoms with van der Waals surface area (Å²) >= 11 is 0. The van der Waals surface area contributed by atoms with Gasteiger partial charge in [0.05, 0.1) is 22.5 Å². The van der Waals surface area contributed by atoms with Gasteiger partial charge in [-0.3, -0.25) is 4.98 Å². The predicted octanol–water partition coefficient (Wildman–Crippen LogP) is 5.08. The third-order valence-electron chi connectivity index (χ3n) is 5.04. The van der Waals surface area contributed by atoms with Crippen LogP contribution in [0.2, 0.25) is 0 Å². The topological polar surface area (TPSA) is 76.2 Å². The Hall–Kier alpha value is -3.66. The number of para-hydroxylation sites is 1. The van der Waals surface area contributed by atoms with Crippen LogP contribution in [0.25, 0.3) is 22.0 Å². The molecule has 1 heterocycles. The molecule has 0 saturated heterocycles. The maximum atomic E-state index is 11.5. The van der Waals surface area contributed by atoms with Gasteiger partial charge in [-0.2, -0.15) is 0 Å². The number of nitrogens with two attached hydrogens (primary N) is 1. The summed E-state index contributed by atoms with van der Waals surface area (Å²) in [6.07, 6.45) is 0.691. The third-order valence-corrected chi connectivity index (χ3v) is 5.04. The van der Waals surface area contributed by atoms with Gasteiger partial charge in [0.15, 0.2) is 0 Å². The average Bonchev–Trinajstić information content (AvgIpc) is 2.72. The van der Waals surface area contributed by atoms with Gasteiger partial charge in [0.25, 0.3) is 0 Å². The second kappa shape index (κ2) is 7.16. The van der Waals surface area contributed by atoms with Crippen LogP contribution in [0.3, 0.4) is 0 Å². The summed E-state index contributed by atoms with van der Waals surface area (Å²) in [5.41, 5.74) is 12.9. The molecule has 4 nitrogen and oxygen atoms in total. The second-order valence-corrected chi connectivity index (χ2v) is 6.83. The van der Waals surface area contributed by atoms with Crippen molar-refractivity contribution < 1.29 is 9.90 Å². The maximum absolute atomic E-state index is 11.5. The zero-order valence-corrected chi connectivity index (χ0v) is 15.5. The van der Waals surface area contributed by atoms with Crippen LogP contribution < -0.4 is 5.73 Å². The number of anilines is 1. The first-order chi connectivity index (χ1) is 13.5. The second-order valence-electron chi connectivity index (χ2n) is 6.83. The Balaban J connectivity index is 1.71. The molecule has 3 aromatic carbocycles. The minimum Gasteiger partial charge on any atom is -0.478 e. The number of nitrogen functional groups attached to an aromatic ring is 1. The van der Waals surface area contributed by atoms with Crippen molar-refractivity contribution in [1.29, 1.82) is 0 Å². The van der Waals surface area contributed by atoms with Crippen molar-refractivity contribution in [2.75, 3.05) is 5.73 Å². The van der Waals surface area contributed by atoms with Crippen molar-refractivity contribution in [1.82, 2.24) is 4.98 Å². The van der Waals surface area contributed by atoms with Crippen LogP contribution in [-0.2, 0) is 6.42 Å². The molecule has 28 heavy (non-hydrogen) atoms. The van der Waals surface area contributed by atoms with Crippen LogP contribution in [0.5, 0.6) is 0 Å². The van der Waals surface area contributed by atoms with E-state index in [1.807, 2.05) is 67.6 Å². The van der Waals surface area contributed by atoms with Crippen molar-refractivity contribution in [3.63, 3.8) is 0 Å². The van der Waals surface area contributed by atoms with Crippen molar-refractivity contribution in [3.8, 4) is 11.1 Å².